The van der Waals surface area contributed by atoms with Crippen molar-refractivity contribution in [3.8, 4) is 0 Å². The van der Waals surface area contributed by atoms with Crippen LogP contribution in [-0.2, 0) is 9.84 Å². The minimum atomic E-state index is -3.39. The Balaban J connectivity index is 1.88. The van der Waals surface area contributed by atoms with Crippen LogP contribution in [0.5, 0.6) is 0 Å². The van der Waals surface area contributed by atoms with Crippen molar-refractivity contribution < 1.29 is 18.0 Å². The molecule has 1 saturated heterocycles. The molecule has 0 spiro atoms. The first-order valence-corrected chi connectivity index (χ1v) is 9.97. The fourth-order valence-electron chi connectivity index (χ4n) is 3.10. The van der Waals surface area contributed by atoms with E-state index in [1.165, 1.54) is 12.1 Å². The van der Waals surface area contributed by atoms with E-state index in [0.717, 1.165) is 12.7 Å². The molecule has 1 aliphatic rings. The number of Topliss-reactive ketones (excluding diaryl/α,β-unsaturated/α-hetero) is 1. The summed E-state index contributed by atoms with van der Waals surface area (Å²) in [5, 5.41) is 0. The van der Waals surface area contributed by atoms with Crippen LogP contribution >= 0.6 is 0 Å². The van der Waals surface area contributed by atoms with Gasteiger partial charge >= 0.3 is 0 Å². The highest BCUT2D eigenvalue weighted by Crippen LogP contribution is 2.24. The number of amides is 1. The largest absolute Gasteiger partial charge is 0.328 e. The van der Waals surface area contributed by atoms with Crippen molar-refractivity contribution >= 4 is 21.5 Å². The summed E-state index contributed by atoms with van der Waals surface area (Å²) in [6, 6.07) is 14.4. The zero-order chi connectivity index (χ0) is 18.0. The monoisotopic (exact) mass is 357 g/mol. The average molecular weight is 357 g/mol. The zero-order valence-electron chi connectivity index (χ0n) is 13.9. The minimum absolute atomic E-state index is 0.0780. The number of likely N-dealkylation sites (tertiary alicyclic amines) is 1. The number of rotatable bonds is 4. The second kappa shape index (κ2) is 6.80. The van der Waals surface area contributed by atoms with Gasteiger partial charge in [0, 0.05) is 23.9 Å². The summed E-state index contributed by atoms with van der Waals surface area (Å²) in [5.74, 6) is -0.386. The van der Waals surface area contributed by atoms with Gasteiger partial charge in [0.05, 0.1) is 10.9 Å². The van der Waals surface area contributed by atoms with E-state index in [2.05, 4.69) is 0 Å². The van der Waals surface area contributed by atoms with Gasteiger partial charge in [-0.1, -0.05) is 36.4 Å². The molecule has 1 unspecified atom stereocenters. The Morgan fingerprint density at radius 1 is 1.00 bits per heavy atom. The van der Waals surface area contributed by atoms with Gasteiger partial charge in [-0.05, 0) is 31.0 Å². The van der Waals surface area contributed by atoms with Crippen molar-refractivity contribution in [2.75, 3.05) is 12.8 Å². The van der Waals surface area contributed by atoms with Crippen LogP contribution in [0.2, 0.25) is 0 Å². The van der Waals surface area contributed by atoms with E-state index < -0.39 is 15.9 Å². The molecule has 1 amide bonds. The highest BCUT2D eigenvalue weighted by atomic mass is 32.2. The molecule has 1 aliphatic heterocycles. The van der Waals surface area contributed by atoms with Gasteiger partial charge in [-0.3, -0.25) is 9.59 Å². The minimum Gasteiger partial charge on any atom is -0.328 e. The van der Waals surface area contributed by atoms with Gasteiger partial charge in [0.25, 0.3) is 5.91 Å². The predicted octanol–water partition coefficient (Wildman–Crippen LogP) is 2.58. The molecule has 1 heterocycles. The maximum Gasteiger partial charge on any atom is 0.254 e. The lowest BCUT2D eigenvalue weighted by Gasteiger charge is -2.24. The lowest BCUT2D eigenvalue weighted by Crippen LogP contribution is -2.40. The number of sulfone groups is 1. The first-order chi connectivity index (χ1) is 11.9. The van der Waals surface area contributed by atoms with E-state index in [9.17, 15) is 18.0 Å². The Bertz CT molecular complexity index is 906. The Kier molecular flexibility index (Phi) is 4.72. The lowest BCUT2D eigenvalue weighted by molar-refractivity contribution is 0.0671. The van der Waals surface area contributed by atoms with E-state index in [0.29, 0.717) is 18.5 Å². The fourth-order valence-corrected chi connectivity index (χ4v) is 3.77. The van der Waals surface area contributed by atoms with Crippen LogP contribution in [0.25, 0.3) is 0 Å². The van der Waals surface area contributed by atoms with E-state index in [4.69, 9.17) is 0 Å². The van der Waals surface area contributed by atoms with Crippen LogP contribution < -0.4 is 0 Å². The van der Waals surface area contributed by atoms with Crippen molar-refractivity contribution in [2.45, 2.75) is 23.8 Å². The molecule has 2 aromatic carbocycles. The van der Waals surface area contributed by atoms with E-state index in [1.54, 1.807) is 41.3 Å². The molecule has 2 aromatic rings. The molecule has 130 valence electrons. The smallest absolute Gasteiger partial charge is 0.254 e. The summed E-state index contributed by atoms with van der Waals surface area (Å²) < 4.78 is 23.4. The van der Waals surface area contributed by atoms with Gasteiger partial charge < -0.3 is 4.90 Å². The quantitative estimate of drug-likeness (QED) is 0.789. The zero-order valence-corrected chi connectivity index (χ0v) is 14.7. The highest BCUT2D eigenvalue weighted by molar-refractivity contribution is 7.90. The van der Waals surface area contributed by atoms with Crippen molar-refractivity contribution in [3.63, 3.8) is 0 Å². The molecule has 0 bridgehead atoms. The summed E-state index contributed by atoms with van der Waals surface area (Å²) in [6.07, 6.45) is 2.47. The van der Waals surface area contributed by atoms with Gasteiger partial charge in [0.1, 0.15) is 0 Å². The molecule has 0 aromatic heterocycles. The van der Waals surface area contributed by atoms with Crippen molar-refractivity contribution in [2.24, 2.45) is 0 Å². The van der Waals surface area contributed by atoms with Gasteiger partial charge in [0.2, 0.25) is 0 Å². The third-order valence-corrected chi connectivity index (χ3v) is 5.49. The second-order valence-corrected chi connectivity index (χ2v) is 8.20. The SMILES string of the molecule is CS(=O)(=O)c1cccc(C(=O)N2CCCC2C(=O)c2ccccc2)c1. The Hall–Kier alpha value is -2.47. The molecule has 5 nitrogen and oxygen atoms in total. The third-order valence-electron chi connectivity index (χ3n) is 4.38. The molecule has 3 rings (SSSR count). The standard InChI is InChI=1S/C19H19NO4S/c1-25(23,24)16-10-5-9-15(13-16)19(22)20-12-6-11-17(20)18(21)14-7-3-2-4-8-14/h2-5,7-10,13,17H,6,11-12H2,1H3. The molecule has 1 fully saturated rings. The van der Waals surface area contributed by atoms with Crippen LogP contribution in [0.1, 0.15) is 33.6 Å². The Morgan fingerprint density at radius 2 is 1.68 bits per heavy atom. The Morgan fingerprint density at radius 3 is 2.36 bits per heavy atom. The second-order valence-electron chi connectivity index (χ2n) is 6.19. The first-order valence-electron chi connectivity index (χ1n) is 8.08. The summed E-state index contributed by atoms with van der Waals surface area (Å²) in [5.41, 5.74) is 0.868. The topological polar surface area (TPSA) is 71.5 Å². The normalized spacial score (nSPS) is 17.5. The van der Waals surface area contributed by atoms with Crippen LogP contribution in [-0.4, -0.2) is 43.9 Å². The van der Waals surface area contributed by atoms with E-state index in [1.807, 2.05) is 6.07 Å². The van der Waals surface area contributed by atoms with Crippen molar-refractivity contribution in [1.29, 1.82) is 0 Å². The number of nitrogens with zero attached hydrogens (tertiary/aromatic N) is 1. The summed E-state index contributed by atoms with van der Waals surface area (Å²) in [6.45, 7) is 0.491. The van der Waals surface area contributed by atoms with Crippen molar-refractivity contribution in [3.05, 3.63) is 65.7 Å². The molecule has 0 N–H and O–H groups in total. The molecule has 0 aliphatic carbocycles. The lowest BCUT2D eigenvalue weighted by atomic mass is 10.0. The van der Waals surface area contributed by atoms with Crippen LogP contribution in [0.15, 0.2) is 59.5 Å². The van der Waals surface area contributed by atoms with Gasteiger partial charge in [0.15, 0.2) is 15.6 Å². The molecule has 25 heavy (non-hydrogen) atoms. The highest BCUT2D eigenvalue weighted by Gasteiger charge is 2.35. The third kappa shape index (κ3) is 3.64. The Labute approximate surface area is 147 Å². The number of hydrogen-bond acceptors (Lipinski definition) is 4. The molecule has 6 heteroatoms. The number of benzene rings is 2. The fraction of sp³-hybridized carbons (Fsp3) is 0.263. The van der Waals surface area contributed by atoms with Crippen LogP contribution in [0, 0.1) is 0 Å². The number of carbonyl (C=O) groups excluding carboxylic acids is 2. The van der Waals surface area contributed by atoms with E-state index >= 15 is 0 Å². The summed E-state index contributed by atoms with van der Waals surface area (Å²) >= 11 is 0. The number of carbonyl (C=O) groups is 2. The van der Waals surface area contributed by atoms with Crippen LogP contribution in [0.3, 0.4) is 0 Å². The molecular weight excluding hydrogens is 338 g/mol. The average Bonchev–Trinajstić information content (AvgIpc) is 3.10. The predicted molar refractivity (Wildman–Crippen MR) is 94.4 cm³/mol. The maximum atomic E-state index is 12.9. The van der Waals surface area contributed by atoms with Gasteiger partial charge in [-0.15, -0.1) is 0 Å². The first kappa shape index (κ1) is 17.4. The summed E-state index contributed by atoms with van der Waals surface area (Å²) in [7, 11) is -3.39. The molecular formula is C19H19NO4S. The van der Waals surface area contributed by atoms with Gasteiger partial charge in [-0.2, -0.15) is 0 Å². The van der Waals surface area contributed by atoms with Crippen LogP contribution in [0.4, 0.5) is 0 Å². The van der Waals surface area contributed by atoms with Gasteiger partial charge in [-0.25, -0.2) is 8.42 Å². The van der Waals surface area contributed by atoms with Crippen molar-refractivity contribution in [1.82, 2.24) is 4.90 Å². The number of ketones is 1. The molecule has 1 atom stereocenters. The molecule has 0 radical (unpaired) electrons. The molecule has 0 saturated carbocycles. The number of hydrogen-bond donors (Lipinski definition) is 0. The summed E-state index contributed by atoms with van der Waals surface area (Å²) in [4.78, 5) is 27.2. The maximum absolute atomic E-state index is 12.9. The van der Waals surface area contributed by atoms with E-state index in [-0.39, 0.29) is 22.1 Å².